The molecular formula is C8H16N4S2. The quantitative estimate of drug-likeness (QED) is 0.802. The molecule has 80 valence electrons. The van der Waals surface area contributed by atoms with Gasteiger partial charge in [0.15, 0.2) is 0 Å². The minimum atomic E-state index is 0.868. The molecule has 1 rings (SSSR count). The Hall–Kier alpha value is -0.330. The van der Waals surface area contributed by atoms with E-state index in [9.17, 15) is 0 Å². The first kappa shape index (κ1) is 11.7. The number of hydrogen-bond acceptors (Lipinski definition) is 6. The van der Waals surface area contributed by atoms with Crippen LogP contribution >= 0.6 is 23.3 Å². The maximum Gasteiger partial charge on any atom is 0.134 e. The SMILES string of the molecule is CNc1snnc1CN(C)CCSC. The molecule has 1 aromatic rings. The molecule has 14 heavy (non-hydrogen) atoms. The van der Waals surface area contributed by atoms with Gasteiger partial charge in [0.2, 0.25) is 0 Å². The first-order valence-corrected chi connectivity index (χ1v) is 6.61. The molecule has 1 aromatic heterocycles. The normalized spacial score (nSPS) is 10.9. The summed E-state index contributed by atoms with van der Waals surface area (Å²) in [6, 6.07) is 0. The fourth-order valence-electron chi connectivity index (χ4n) is 1.08. The van der Waals surface area contributed by atoms with E-state index in [2.05, 4.69) is 33.1 Å². The second-order valence-corrected chi connectivity index (χ2v) is 4.77. The first-order valence-electron chi connectivity index (χ1n) is 4.44. The summed E-state index contributed by atoms with van der Waals surface area (Å²) in [6.45, 7) is 1.95. The van der Waals surface area contributed by atoms with E-state index < -0.39 is 0 Å². The van der Waals surface area contributed by atoms with Gasteiger partial charge in [-0.1, -0.05) is 4.49 Å². The summed E-state index contributed by atoms with van der Waals surface area (Å²) in [7, 11) is 4.01. The van der Waals surface area contributed by atoms with E-state index in [1.165, 1.54) is 11.5 Å². The maximum atomic E-state index is 4.09. The van der Waals surface area contributed by atoms with Crippen molar-refractivity contribution >= 4 is 28.3 Å². The predicted octanol–water partition coefficient (Wildman–Crippen LogP) is 1.37. The standard InChI is InChI=1S/C8H16N4S2/c1-9-8-7(10-11-14-8)6-12(2)4-5-13-3/h9H,4-6H2,1-3H3. The van der Waals surface area contributed by atoms with Crippen molar-refractivity contribution in [1.82, 2.24) is 14.5 Å². The van der Waals surface area contributed by atoms with Gasteiger partial charge in [0.25, 0.3) is 0 Å². The molecule has 0 spiro atoms. The van der Waals surface area contributed by atoms with Crippen molar-refractivity contribution in [3.63, 3.8) is 0 Å². The second kappa shape index (κ2) is 6.21. The summed E-state index contributed by atoms with van der Waals surface area (Å²) in [5.41, 5.74) is 1.04. The highest BCUT2D eigenvalue weighted by Crippen LogP contribution is 2.17. The lowest BCUT2D eigenvalue weighted by atomic mass is 10.4. The molecule has 0 saturated carbocycles. The average molecular weight is 232 g/mol. The van der Waals surface area contributed by atoms with Gasteiger partial charge < -0.3 is 5.32 Å². The van der Waals surface area contributed by atoms with Crippen LogP contribution in [0.2, 0.25) is 0 Å². The van der Waals surface area contributed by atoms with Crippen molar-refractivity contribution in [1.29, 1.82) is 0 Å². The number of hydrogen-bond donors (Lipinski definition) is 1. The van der Waals surface area contributed by atoms with Gasteiger partial charge in [0.05, 0.1) is 0 Å². The summed E-state index contributed by atoms with van der Waals surface area (Å²) < 4.78 is 3.92. The lowest BCUT2D eigenvalue weighted by Crippen LogP contribution is -2.21. The molecule has 4 nitrogen and oxygen atoms in total. The average Bonchev–Trinajstić information content (AvgIpc) is 2.62. The zero-order valence-corrected chi connectivity index (χ0v) is 10.4. The lowest BCUT2D eigenvalue weighted by Gasteiger charge is -2.14. The Bertz CT molecular complexity index is 264. The van der Waals surface area contributed by atoms with Crippen LogP contribution in [0.1, 0.15) is 5.69 Å². The number of thioether (sulfide) groups is 1. The van der Waals surface area contributed by atoms with Crippen molar-refractivity contribution in [2.24, 2.45) is 0 Å². The fraction of sp³-hybridized carbons (Fsp3) is 0.750. The summed E-state index contributed by atoms with van der Waals surface area (Å²) in [4.78, 5) is 2.26. The molecule has 0 atom stereocenters. The molecule has 0 aliphatic carbocycles. The van der Waals surface area contributed by atoms with E-state index in [4.69, 9.17) is 0 Å². The molecule has 1 N–H and O–H groups in total. The molecular weight excluding hydrogens is 216 g/mol. The van der Waals surface area contributed by atoms with Gasteiger partial charge in [-0.25, -0.2) is 0 Å². The van der Waals surface area contributed by atoms with Crippen LogP contribution in [-0.2, 0) is 6.54 Å². The molecule has 0 radical (unpaired) electrons. The summed E-state index contributed by atoms with van der Waals surface area (Å²) in [5, 5.41) is 8.26. The predicted molar refractivity (Wildman–Crippen MR) is 64.2 cm³/mol. The van der Waals surface area contributed by atoms with E-state index in [0.717, 1.165) is 29.5 Å². The van der Waals surface area contributed by atoms with E-state index in [1.54, 1.807) is 0 Å². The van der Waals surface area contributed by atoms with Gasteiger partial charge in [-0.05, 0) is 13.3 Å². The molecule has 0 aromatic carbocycles. The number of anilines is 1. The van der Waals surface area contributed by atoms with Crippen LogP contribution in [-0.4, -0.2) is 47.1 Å². The Kier molecular flexibility index (Phi) is 5.21. The highest BCUT2D eigenvalue weighted by atomic mass is 32.2. The largest absolute Gasteiger partial charge is 0.377 e. The Morgan fingerprint density at radius 3 is 3.00 bits per heavy atom. The first-order chi connectivity index (χ1) is 6.77. The highest BCUT2D eigenvalue weighted by molar-refractivity contribution is 7.98. The Morgan fingerprint density at radius 2 is 2.36 bits per heavy atom. The second-order valence-electron chi connectivity index (χ2n) is 3.03. The lowest BCUT2D eigenvalue weighted by molar-refractivity contribution is 0.344. The third-order valence-electron chi connectivity index (χ3n) is 1.88. The minimum absolute atomic E-state index is 0.868. The zero-order valence-electron chi connectivity index (χ0n) is 8.78. The molecule has 0 aliphatic rings. The molecule has 0 saturated heterocycles. The number of nitrogens with zero attached hydrogens (tertiary/aromatic N) is 3. The molecule has 0 aliphatic heterocycles. The zero-order chi connectivity index (χ0) is 10.4. The van der Waals surface area contributed by atoms with E-state index in [1.807, 2.05) is 18.8 Å². The van der Waals surface area contributed by atoms with Gasteiger partial charge >= 0.3 is 0 Å². The molecule has 0 unspecified atom stereocenters. The van der Waals surface area contributed by atoms with Crippen molar-refractivity contribution < 1.29 is 0 Å². The van der Waals surface area contributed by atoms with E-state index in [0.29, 0.717) is 0 Å². The number of rotatable bonds is 6. The molecule has 0 amide bonds. The Morgan fingerprint density at radius 1 is 1.57 bits per heavy atom. The molecule has 6 heteroatoms. The molecule has 0 fully saturated rings. The van der Waals surface area contributed by atoms with Crippen LogP contribution in [0.5, 0.6) is 0 Å². The van der Waals surface area contributed by atoms with Crippen molar-refractivity contribution in [2.45, 2.75) is 6.54 Å². The minimum Gasteiger partial charge on any atom is -0.377 e. The van der Waals surface area contributed by atoms with E-state index >= 15 is 0 Å². The van der Waals surface area contributed by atoms with Crippen LogP contribution in [0.4, 0.5) is 5.00 Å². The van der Waals surface area contributed by atoms with Gasteiger partial charge in [-0.2, -0.15) is 11.8 Å². The summed E-state index contributed by atoms with van der Waals surface area (Å²) in [6.07, 6.45) is 2.12. The third kappa shape index (κ3) is 3.43. The fourth-order valence-corrected chi connectivity index (χ4v) is 2.10. The number of aromatic nitrogens is 2. The number of nitrogens with one attached hydrogen (secondary N) is 1. The van der Waals surface area contributed by atoms with Crippen molar-refractivity contribution in [3.8, 4) is 0 Å². The molecule has 0 bridgehead atoms. The van der Waals surface area contributed by atoms with Gasteiger partial charge in [-0.3, -0.25) is 4.90 Å². The van der Waals surface area contributed by atoms with E-state index in [-0.39, 0.29) is 0 Å². The van der Waals surface area contributed by atoms with Gasteiger partial charge in [-0.15, -0.1) is 5.10 Å². The van der Waals surface area contributed by atoms with Crippen LogP contribution in [0, 0.1) is 0 Å². The smallest absolute Gasteiger partial charge is 0.134 e. The topological polar surface area (TPSA) is 41.1 Å². The van der Waals surface area contributed by atoms with Gasteiger partial charge in [0.1, 0.15) is 10.7 Å². The molecule has 1 heterocycles. The van der Waals surface area contributed by atoms with Gasteiger partial charge in [0, 0.05) is 37.4 Å². The van der Waals surface area contributed by atoms with Crippen molar-refractivity contribution in [3.05, 3.63) is 5.69 Å². The summed E-state index contributed by atoms with van der Waals surface area (Å²) >= 11 is 3.27. The highest BCUT2D eigenvalue weighted by Gasteiger charge is 2.08. The monoisotopic (exact) mass is 232 g/mol. The maximum absolute atomic E-state index is 4.09. The van der Waals surface area contributed by atoms with Crippen LogP contribution < -0.4 is 5.32 Å². The Labute approximate surface area is 93.2 Å². The van der Waals surface area contributed by atoms with Crippen LogP contribution in [0.3, 0.4) is 0 Å². The summed E-state index contributed by atoms with van der Waals surface area (Å²) in [5.74, 6) is 1.16. The Balaban J connectivity index is 2.42. The van der Waals surface area contributed by atoms with Crippen LogP contribution in [0.15, 0.2) is 0 Å². The van der Waals surface area contributed by atoms with Crippen molar-refractivity contribution in [2.75, 3.05) is 38.0 Å². The third-order valence-corrected chi connectivity index (χ3v) is 3.26. The van der Waals surface area contributed by atoms with Crippen LogP contribution in [0.25, 0.3) is 0 Å².